The van der Waals surface area contributed by atoms with Crippen LogP contribution in [-0.4, -0.2) is 23.2 Å². The molecule has 1 aliphatic heterocycles. The lowest BCUT2D eigenvalue weighted by Gasteiger charge is -2.28. The normalized spacial score (nSPS) is 15.8. The van der Waals surface area contributed by atoms with Gasteiger partial charge in [-0.05, 0) is 12.6 Å². The minimum atomic E-state index is 0.666. The monoisotopic (exact) mass is 214 g/mol. The van der Waals surface area contributed by atoms with Gasteiger partial charge >= 0.3 is 0 Å². The molecule has 1 aromatic carbocycles. The second kappa shape index (κ2) is 3.76. The Morgan fingerprint density at radius 1 is 1.38 bits per heavy atom. The number of nitrogens with zero attached hydrogens (tertiary/aromatic N) is 2. The van der Waals surface area contributed by atoms with Crippen LogP contribution in [0.2, 0.25) is 0 Å². The summed E-state index contributed by atoms with van der Waals surface area (Å²) in [7, 11) is 0. The van der Waals surface area contributed by atoms with Gasteiger partial charge in [-0.2, -0.15) is 0 Å². The zero-order valence-corrected chi connectivity index (χ0v) is 9.31. The first-order chi connectivity index (χ1) is 7.88. The molecule has 0 amide bonds. The highest BCUT2D eigenvalue weighted by atomic mass is 16.5. The summed E-state index contributed by atoms with van der Waals surface area (Å²) in [6.45, 7) is 4.78. The Hall–Kier alpha value is -1.61. The molecule has 82 valence electrons. The fraction of sp³-hybridized carbons (Fsp3) is 0.308. The minimum absolute atomic E-state index is 0.666. The Morgan fingerprint density at radius 2 is 2.31 bits per heavy atom. The molecule has 0 saturated heterocycles. The van der Waals surface area contributed by atoms with Gasteiger partial charge in [0.25, 0.3) is 0 Å². The molecular weight excluding hydrogens is 200 g/mol. The van der Waals surface area contributed by atoms with Crippen molar-refractivity contribution in [2.24, 2.45) is 0 Å². The third kappa shape index (κ3) is 1.44. The van der Waals surface area contributed by atoms with E-state index >= 15 is 0 Å². The maximum Gasteiger partial charge on any atom is 0.152 e. The third-order valence-corrected chi connectivity index (χ3v) is 3.04. The molecule has 3 nitrogen and oxygen atoms in total. The van der Waals surface area contributed by atoms with Crippen LogP contribution >= 0.6 is 0 Å². The average Bonchev–Trinajstić information content (AvgIpc) is 2.38. The van der Waals surface area contributed by atoms with Crippen molar-refractivity contribution in [2.75, 3.05) is 13.3 Å². The second-order valence-corrected chi connectivity index (χ2v) is 4.05. The smallest absolute Gasteiger partial charge is 0.152 e. The van der Waals surface area contributed by atoms with Gasteiger partial charge in [0, 0.05) is 23.7 Å². The number of hydrogen-bond acceptors (Lipinski definition) is 3. The van der Waals surface area contributed by atoms with Crippen LogP contribution in [0.25, 0.3) is 10.9 Å². The van der Waals surface area contributed by atoms with E-state index in [0.717, 1.165) is 29.7 Å². The topological polar surface area (TPSA) is 25.4 Å². The van der Waals surface area contributed by atoms with Crippen molar-refractivity contribution in [3.8, 4) is 5.75 Å². The SMILES string of the molecule is CCN1COc2c(ccc3cccnc23)C1. The van der Waals surface area contributed by atoms with Crippen LogP contribution in [0, 0.1) is 0 Å². The molecule has 0 unspecified atom stereocenters. The second-order valence-electron chi connectivity index (χ2n) is 4.05. The van der Waals surface area contributed by atoms with Crippen molar-refractivity contribution in [1.82, 2.24) is 9.88 Å². The van der Waals surface area contributed by atoms with E-state index in [4.69, 9.17) is 4.74 Å². The number of pyridine rings is 1. The van der Waals surface area contributed by atoms with Gasteiger partial charge in [-0.15, -0.1) is 0 Å². The van der Waals surface area contributed by atoms with Crippen LogP contribution in [0.3, 0.4) is 0 Å². The summed E-state index contributed by atoms with van der Waals surface area (Å²) >= 11 is 0. The Morgan fingerprint density at radius 3 is 3.19 bits per heavy atom. The summed E-state index contributed by atoms with van der Waals surface area (Å²) in [4.78, 5) is 6.66. The predicted octanol–water partition coefficient (Wildman–Crippen LogP) is 2.41. The number of ether oxygens (including phenoxy) is 1. The number of hydrogen-bond donors (Lipinski definition) is 0. The Kier molecular flexibility index (Phi) is 2.26. The van der Waals surface area contributed by atoms with Crippen molar-refractivity contribution < 1.29 is 4.74 Å². The van der Waals surface area contributed by atoms with Crippen LogP contribution in [0.15, 0.2) is 30.5 Å². The summed E-state index contributed by atoms with van der Waals surface area (Å²) in [6, 6.07) is 8.28. The molecule has 16 heavy (non-hydrogen) atoms. The molecule has 2 aromatic rings. The molecule has 0 bridgehead atoms. The van der Waals surface area contributed by atoms with Gasteiger partial charge in [-0.25, -0.2) is 0 Å². The summed E-state index contributed by atoms with van der Waals surface area (Å²) in [6.07, 6.45) is 1.82. The average molecular weight is 214 g/mol. The van der Waals surface area contributed by atoms with Crippen LogP contribution < -0.4 is 4.74 Å². The molecule has 0 N–H and O–H groups in total. The van der Waals surface area contributed by atoms with E-state index in [1.165, 1.54) is 5.56 Å². The van der Waals surface area contributed by atoms with Crippen molar-refractivity contribution >= 4 is 10.9 Å². The largest absolute Gasteiger partial charge is 0.475 e. The van der Waals surface area contributed by atoms with E-state index in [0.29, 0.717) is 6.73 Å². The lowest BCUT2D eigenvalue weighted by Crippen LogP contribution is -2.31. The maximum atomic E-state index is 5.80. The van der Waals surface area contributed by atoms with E-state index in [1.54, 1.807) is 0 Å². The number of rotatable bonds is 1. The zero-order chi connectivity index (χ0) is 11.0. The zero-order valence-electron chi connectivity index (χ0n) is 9.31. The van der Waals surface area contributed by atoms with Gasteiger partial charge in [0.2, 0.25) is 0 Å². The Bertz CT molecular complexity index is 524. The van der Waals surface area contributed by atoms with E-state index in [9.17, 15) is 0 Å². The first kappa shape index (κ1) is 9.60. The van der Waals surface area contributed by atoms with Gasteiger partial charge in [-0.1, -0.05) is 25.1 Å². The summed E-state index contributed by atoms with van der Waals surface area (Å²) in [5.74, 6) is 0.961. The Balaban J connectivity index is 2.14. The molecule has 3 rings (SSSR count). The summed E-state index contributed by atoms with van der Waals surface area (Å²) in [5.41, 5.74) is 2.22. The van der Waals surface area contributed by atoms with Crippen LogP contribution in [0.5, 0.6) is 5.75 Å². The van der Waals surface area contributed by atoms with Crippen LogP contribution in [0.4, 0.5) is 0 Å². The maximum absolute atomic E-state index is 5.80. The molecule has 3 heteroatoms. The van der Waals surface area contributed by atoms with Crippen molar-refractivity contribution in [2.45, 2.75) is 13.5 Å². The van der Waals surface area contributed by atoms with Gasteiger partial charge in [0.15, 0.2) is 5.75 Å². The summed E-state index contributed by atoms with van der Waals surface area (Å²) in [5, 5.41) is 1.14. The highest BCUT2D eigenvalue weighted by Gasteiger charge is 2.18. The lowest BCUT2D eigenvalue weighted by atomic mass is 10.1. The fourth-order valence-electron chi connectivity index (χ4n) is 2.09. The molecule has 0 radical (unpaired) electrons. The van der Waals surface area contributed by atoms with Crippen molar-refractivity contribution in [3.63, 3.8) is 0 Å². The quantitative estimate of drug-likeness (QED) is 0.729. The lowest BCUT2D eigenvalue weighted by molar-refractivity contribution is 0.102. The van der Waals surface area contributed by atoms with Gasteiger partial charge in [0.05, 0.1) is 0 Å². The van der Waals surface area contributed by atoms with E-state index < -0.39 is 0 Å². The van der Waals surface area contributed by atoms with E-state index in [1.807, 2.05) is 12.3 Å². The van der Waals surface area contributed by atoms with Crippen LogP contribution in [0.1, 0.15) is 12.5 Å². The van der Waals surface area contributed by atoms with Gasteiger partial charge < -0.3 is 4.74 Å². The van der Waals surface area contributed by atoms with Gasteiger partial charge in [-0.3, -0.25) is 9.88 Å². The number of aromatic nitrogens is 1. The first-order valence-corrected chi connectivity index (χ1v) is 5.60. The van der Waals surface area contributed by atoms with Crippen molar-refractivity contribution in [1.29, 1.82) is 0 Å². The van der Waals surface area contributed by atoms with E-state index in [-0.39, 0.29) is 0 Å². The highest BCUT2D eigenvalue weighted by Crippen LogP contribution is 2.31. The number of fused-ring (bicyclic) bond motifs is 3. The summed E-state index contributed by atoms with van der Waals surface area (Å²) < 4.78 is 5.80. The number of benzene rings is 1. The molecule has 0 aliphatic carbocycles. The molecule has 1 aromatic heterocycles. The van der Waals surface area contributed by atoms with Gasteiger partial charge in [0.1, 0.15) is 12.2 Å². The Labute approximate surface area is 94.7 Å². The predicted molar refractivity (Wildman–Crippen MR) is 63.3 cm³/mol. The molecule has 1 aliphatic rings. The molecule has 0 spiro atoms. The van der Waals surface area contributed by atoms with E-state index in [2.05, 4.69) is 35.0 Å². The third-order valence-electron chi connectivity index (χ3n) is 3.04. The molecule has 0 atom stereocenters. The first-order valence-electron chi connectivity index (χ1n) is 5.60. The van der Waals surface area contributed by atoms with Crippen molar-refractivity contribution in [3.05, 3.63) is 36.0 Å². The van der Waals surface area contributed by atoms with Crippen LogP contribution in [-0.2, 0) is 6.54 Å². The standard InChI is InChI=1S/C13H14N2O/c1-2-15-8-11-6-5-10-4-3-7-14-12(10)13(11)16-9-15/h3-7H,2,8-9H2,1H3. The molecular formula is C13H14N2O. The molecule has 0 fully saturated rings. The molecule has 2 heterocycles. The fourth-order valence-corrected chi connectivity index (χ4v) is 2.09. The highest BCUT2D eigenvalue weighted by molar-refractivity contribution is 5.85. The minimum Gasteiger partial charge on any atom is -0.475 e. The molecule has 0 saturated carbocycles.